The van der Waals surface area contributed by atoms with Crippen molar-refractivity contribution < 1.29 is 0 Å². The summed E-state index contributed by atoms with van der Waals surface area (Å²) in [5.41, 5.74) is 0. The smallest absolute Gasteiger partial charge is 0.0722 e. The predicted molar refractivity (Wildman–Crippen MR) is 51.4 cm³/mol. The van der Waals surface area contributed by atoms with Gasteiger partial charge < -0.3 is 0 Å². The van der Waals surface area contributed by atoms with Gasteiger partial charge in [-0.05, 0) is 29.4 Å². The molecule has 0 aliphatic heterocycles. The van der Waals surface area contributed by atoms with E-state index in [0.29, 0.717) is 0 Å². The molecule has 0 amide bonds. The highest BCUT2D eigenvalue weighted by Crippen LogP contribution is 2.08. The van der Waals surface area contributed by atoms with Crippen LogP contribution in [0.15, 0.2) is 21.5 Å². The van der Waals surface area contributed by atoms with Crippen molar-refractivity contribution in [3.63, 3.8) is 0 Å². The summed E-state index contributed by atoms with van der Waals surface area (Å²) in [4.78, 5) is 0.721. The highest BCUT2D eigenvalue weighted by Gasteiger charge is 1.84. The van der Waals surface area contributed by atoms with Gasteiger partial charge in [-0.15, -0.1) is 6.42 Å². The minimum absolute atomic E-state index is 0.721. The van der Waals surface area contributed by atoms with Gasteiger partial charge in [0.2, 0.25) is 0 Å². The lowest BCUT2D eigenvalue weighted by molar-refractivity contribution is 1.69. The molecule has 0 saturated heterocycles. The van der Waals surface area contributed by atoms with Crippen LogP contribution < -0.4 is 5.14 Å². The maximum Gasteiger partial charge on any atom is 0.0722 e. The van der Waals surface area contributed by atoms with E-state index in [1.807, 2.05) is 13.0 Å². The molecule has 0 bridgehead atoms. The molecule has 0 aromatic heterocycles. The van der Waals surface area contributed by atoms with Crippen LogP contribution in [0.4, 0.5) is 0 Å². The Hall–Kier alpha value is -0.170. The third-order valence-corrected chi connectivity index (χ3v) is 1.51. The van der Waals surface area contributed by atoms with E-state index in [0.717, 1.165) is 21.3 Å². The molecular weight excluding hydrogens is 210 g/mol. The summed E-state index contributed by atoms with van der Waals surface area (Å²) in [5, 5.41) is 5.23. The average Bonchev–Trinajstić information content (AvgIpc) is 1.90. The predicted octanol–water partition coefficient (Wildman–Crippen LogP) is 2.41. The fourth-order valence-corrected chi connectivity index (χ4v) is 0.659. The van der Waals surface area contributed by atoms with Crippen molar-refractivity contribution in [3.8, 4) is 12.3 Å². The minimum Gasteiger partial charge on any atom is -0.273 e. The molecule has 0 aromatic carbocycles. The zero-order valence-electron chi connectivity index (χ0n) is 5.60. The molecule has 0 spiro atoms. The number of allylic oxidation sites excluding steroid dienone is 4. The first-order valence-corrected chi connectivity index (χ1v) is 4.25. The highest BCUT2D eigenvalue weighted by atomic mass is 79.9. The van der Waals surface area contributed by atoms with Crippen LogP contribution in [0.25, 0.3) is 0 Å². The van der Waals surface area contributed by atoms with E-state index in [2.05, 4.69) is 21.9 Å². The van der Waals surface area contributed by atoms with Crippen molar-refractivity contribution in [2.75, 3.05) is 0 Å². The first-order valence-electron chi connectivity index (χ1n) is 2.58. The summed E-state index contributed by atoms with van der Waals surface area (Å²) in [6, 6.07) is 0. The van der Waals surface area contributed by atoms with E-state index < -0.39 is 0 Å². The van der Waals surface area contributed by atoms with Crippen molar-refractivity contribution in [2.24, 2.45) is 5.14 Å². The second-order valence-electron chi connectivity index (χ2n) is 1.55. The zero-order valence-corrected chi connectivity index (χ0v) is 8.00. The van der Waals surface area contributed by atoms with Crippen molar-refractivity contribution in [3.05, 3.63) is 21.5 Å². The Morgan fingerprint density at radius 3 is 2.60 bits per heavy atom. The first kappa shape index (κ1) is 9.83. The van der Waals surface area contributed by atoms with Gasteiger partial charge in [-0.2, -0.15) is 0 Å². The van der Waals surface area contributed by atoms with Gasteiger partial charge in [-0.1, -0.05) is 27.9 Å². The van der Waals surface area contributed by atoms with Crippen LogP contribution in [-0.2, 0) is 0 Å². The topological polar surface area (TPSA) is 26.0 Å². The summed E-state index contributed by atoms with van der Waals surface area (Å²) in [7, 11) is 0. The molecule has 0 aromatic rings. The standard InChI is InChI=1S/C7H8BrNS/c1-3-7(10-9)5-4-6(2)8/h1,4-5H,9H2,2H3/b6-4+,7-5+. The number of halogens is 1. The molecular formula is C7H8BrNS. The molecule has 2 N–H and O–H groups in total. The van der Waals surface area contributed by atoms with Gasteiger partial charge in [0.1, 0.15) is 0 Å². The van der Waals surface area contributed by atoms with Gasteiger partial charge in [-0.25, -0.2) is 0 Å². The maximum atomic E-state index is 5.23. The summed E-state index contributed by atoms with van der Waals surface area (Å²) < 4.78 is 1.02. The number of nitrogens with two attached hydrogens (primary N) is 1. The lowest BCUT2D eigenvalue weighted by atomic mass is 10.4. The third-order valence-electron chi connectivity index (χ3n) is 0.734. The summed E-state index contributed by atoms with van der Waals surface area (Å²) in [5.74, 6) is 2.44. The Balaban J connectivity index is 4.17. The summed E-state index contributed by atoms with van der Waals surface area (Å²) in [6.07, 6.45) is 8.75. The van der Waals surface area contributed by atoms with E-state index >= 15 is 0 Å². The SMILES string of the molecule is C#C/C(=C\C=C(/C)Br)SN. The van der Waals surface area contributed by atoms with E-state index in [1.54, 1.807) is 6.08 Å². The van der Waals surface area contributed by atoms with Crippen LogP contribution in [0, 0.1) is 12.3 Å². The largest absolute Gasteiger partial charge is 0.273 e. The Morgan fingerprint density at radius 1 is 1.70 bits per heavy atom. The quantitative estimate of drug-likeness (QED) is 0.437. The highest BCUT2D eigenvalue weighted by molar-refractivity contribution is 9.11. The van der Waals surface area contributed by atoms with E-state index in [4.69, 9.17) is 11.6 Å². The number of hydrogen-bond acceptors (Lipinski definition) is 2. The van der Waals surface area contributed by atoms with Crippen LogP contribution in [0.5, 0.6) is 0 Å². The van der Waals surface area contributed by atoms with Crippen LogP contribution >= 0.6 is 27.9 Å². The van der Waals surface area contributed by atoms with E-state index in [9.17, 15) is 0 Å². The fraction of sp³-hybridized carbons (Fsp3) is 0.143. The van der Waals surface area contributed by atoms with Crippen molar-refractivity contribution in [1.82, 2.24) is 0 Å². The molecule has 0 heterocycles. The van der Waals surface area contributed by atoms with E-state index in [-0.39, 0.29) is 0 Å². The van der Waals surface area contributed by atoms with Crippen molar-refractivity contribution >= 4 is 27.9 Å². The molecule has 3 heteroatoms. The summed E-state index contributed by atoms with van der Waals surface area (Å²) in [6.45, 7) is 1.92. The molecule has 1 nitrogen and oxygen atoms in total. The summed E-state index contributed by atoms with van der Waals surface area (Å²) >= 11 is 4.33. The molecule has 0 fully saturated rings. The van der Waals surface area contributed by atoms with Gasteiger partial charge in [0.05, 0.1) is 4.91 Å². The van der Waals surface area contributed by atoms with Crippen LogP contribution in [0.1, 0.15) is 6.92 Å². The van der Waals surface area contributed by atoms with Gasteiger partial charge in [0.15, 0.2) is 0 Å². The maximum absolute atomic E-state index is 5.23. The molecule has 0 aliphatic carbocycles. The molecule has 0 saturated carbocycles. The van der Waals surface area contributed by atoms with Crippen molar-refractivity contribution in [1.29, 1.82) is 0 Å². The second kappa shape index (κ2) is 5.60. The Morgan fingerprint density at radius 2 is 2.30 bits per heavy atom. The number of rotatable bonds is 2. The number of terminal acetylenes is 1. The lowest BCUT2D eigenvalue weighted by Crippen LogP contribution is -1.78. The zero-order chi connectivity index (χ0) is 7.98. The van der Waals surface area contributed by atoms with Crippen LogP contribution in [0.3, 0.4) is 0 Å². The molecule has 0 atom stereocenters. The van der Waals surface area contributed by atoms with E-state index in [1.165, 1.54) is 0 Å². The Kier molecular flexibility index (Phi) is 5.51. The third kappa shape index (κ3) is 4.68. The minimum atomic E-state index is 0.721. The Labute approximate surface area is 74.0 Å². The molecule has 54 valence electrons. The lowest BCUT2D eigenvalue weighted by Gasteiger charge is -1.87. The van der Waals surface area contributed by atoms with Gasteiger partial charge in [-0.3, -0.25) is 5.14 Å². The van der Waals surface area contributed by atoms with Crippen LogP contribution in [0.2, 0.25) is 0 Å². The molecule has 0 radical (unpaired) electrons. The number of hydrogen-bond donors (Lipinski definition) is 1. The second-order valence-corrected chi connectivity index (χ2v) is 3.47. The average molecular weight is 218 g/mol. The molecule has 10 heavy (non-hydrogen) atoms. The van der Waals surface area contributed by atoms with Crippen LogP contribution in [-0.4, -0.2) is 0 Å². The van der Waals surface area contributed by atoms with Gasteiger partial charge in [0.25, 0.3) is 0 Å². The molecule has 0 unspecified atom stereocenters. The normalized spacial score (nSPS) is 13.0. The molecule has 0 aliphatic rings. The fourth-order valence-electron chi connectivity index (χ4n) is 0.312. The Bertz CT molecular complexity index is 196. The first-order chi connectivity index (χ1) is 4.70. The molecule has 0 rings (SSSR count). The van der Waals surface area contributed by atoms with Crippen molar-refractivity contribution in [2.45, 2.75) is 6.92 Å². The van der Waals surface area contributed by atoms with Gasteiger partial charge >= 0.3 is 0 Å². The van der Waals surface area contributed by atoms with Gasteiger partial charge in [0, 0.05) is 0 Å². The monoisotopic (exact) mass is 217 g/mol.